The van der Waals surface area contributed by atoms with E-state index in [4.69, 9.17) is 5.73 Å². The molecule has 104 valence electrons. The highest BCUT2D eigenvalue weighted by molar-refractivity contribution is 5.77. The van der Waals surface area contributed by atoms with Crippen molar-refractivity contribution in [3.05, 3.63) is 35.9 Å². The molecule has 0 saturated heterocycles. The Kier molecular flexibility index (Phi) is 5.21. The lowest BCUT2D eigenvalue weighted by Crippen LogP contribution is -2.37. The van der Waals surface area contributed by atoms with Crippen LogP contribution in [0.4, 0.5) is 0 Å². The van der Waals surface area contributed by atoms with E-state index in [-0.39, 0.29) is 0 Å². The fraction of sp³-hybridized carbons (Fsp3) is 0.533. The van der Waals surface area contributed by atoms with Gasteiger partial charge in [-0.1, -0.05) is 36.8 Å². The molecular formula is C15H23N3O. The monoisotopic (exact) mass is 261 g/mol. The van der Waals surface area contributed by atoms with Gasteiger partial charge in [0, 0.05) is 13.0 Å². The summed E-state index contributed by atoms with van der Waals surface area (Å²) in [6.07, 6.45) is 4.04. The van der Waals surface area contributed by atoms with Crippen molar-refractivity contribution < 1.29 is 5.11 Å². The standard InChI is InChI=1S/C15H23N3O/c16-15(17-10-13-7-4-8-13)18-11-14(19)9-12-5-2-1-3-6-12/h1-3,5-6,13-14,19H,4,7-11H2,(H3,16,17,18). The van der Waals surface area contributed by atoms with Crippen molar-refractivity contribution >= 4 is 5.96 Å². The molecule has 1 saturated carbocycles. The molecule has 0 spiro atoms. The molecule has 1 aliphatic rings. The predicted octanol–water partition coefficient (Wildman–Crippen LogP) is 1.29. The van der Waals surface area contributed by atoms with Crippen molar-refractivity contribution in [3.63, 3.8) is 0 Å². The normalized spacial score (nSPS) is 17.8. The van der Waals surface area contributed by atoms with Gasteiger partial charge in [0.2, 0.25) is 0 Å². The Labute approximate surface area is 114 Å². The zero-order chi connectivity index (χ0) is 13.5. The van der Waals surface area contributed by atoms with Gasteiger partial charge in [0.25, 0.3) is 0 Å². The number of nitrogens with one attached hydrogen (secondary N) is 1. The smallest absolute Gasteiger partial charge is 0.188 e. The molecule has 2 rings (SSSR count). The molecule has 1 unspecified atom stereocenters. The molecule has 0 bridgehead atoms. The third-order valence-corrected chi connectivity index (χ3v) is 3.58. The van der Waals surface area contributed by atoms with Gasteiger partial charge < -0.3 is 16.2 Å². The van der Waals surface area contributed by atoms with E-state index in [0.29, 0.717) is 18.9 Å². The zero-order valence-electron chi connectivity index (χ0n) is 11.3. The number of nitrogens with zero attached hydrogens (tertiary/aromatic N) is 1. The first kappa shape index (κ1) is 13.9. The van der Waals surface area contributed by atoms with E-state index < -0.39 is 6.10 Å². The number of benzene rings is 1. The molecule has 1 aliphatic carbocycles. The Morgan fingerprint density at radius 1 is 1.37 bits per heavy atom. The number of aliphatic imine (C=N–C) groups is 1. The minimum atomic E-state index is -0.480. The van der Waals surface area contributed by atoms with Crippen molar-refractivity contribution in [2.75, 3.05) is 13.1 Å². The van der Waals surface area contributed by atoms with Crippen LogP contribution in [0.15, 0.2) is 35.3 Å². The molecule has 0 radical (unpaired) electrons. The summed E-state index contributed by atoms with van der Waals surface area (Å²) < 4.78 is 0. The summed E-state index contributed by atoms with van der Waals surface area (Å²) in [4.78, 5) is 4.18. The van der Waals surface area contributed by atoms with Gasteiger partial charge in [-0.25, -0.2) is 0 Å². The molecule has 19 heavy (non-hydrogen) atoms. The van der Waals surface area contributed by atoms with Gasteiger partial charge in [0.1, 0.15) is 0 Å². The van der Waals surface area contributed by atoms with Crippen LogP contribution in [-0.2, 0) is 6.42 Å². The lowest BCUT2D eigenvalue weighted by Gasteiger charge is -2.25. The Morgan fingerprint density at radius 2 is 2.11 bits per heavy atom. The number of aliphatic hydroxyl groups is 1. The first-order valence-electron chi connectivity index (χ1n) is 7.00. The second kappa shape index (κ2) is 7.14. The van der Waals surface area contributed by atoms with Gasteiger partial charge in [-0.05, 0) is 24.3 Å². The molecule has 4 N–H and O–H groups in total. The summed E-state index contributed by atoms with van der Waals surface area (Å²) in [5.41, 5.74) is 6.89. The van der Waals surface area contributed by atoms with Gasteiger partial charge in [-0.3, -0.25) is 4.99 Å². The highest BCUT2D eigenvalue weighted by Gasteiger charge is 2.16. The summed E-state index contributed by atoms with van der Waals surface area (Å²) in [7, 11) is 0. The van der Waals surface area contributed by atoms with Crippen molar-refractivity contribution in [2.24, 2.45) is 16.6 Å². The largest absolute Gasteiger partial charge is 0.391 e. The summed E-state index contributed by atoms with van der Waals surface area (Å²) in [6.45, 7) is 1.25. The van der Waals surface area contributed by atoms with E-state index in [2.05, 4.69) is 10.3 Å². The van der Waals surface area contributed by atoms with Gasteiger partial charge in [0.05, 0.1) is 12.6 Å². The SMILES string of the molecule is NC(=NCC(O)Cc1ccccc1)NCC1CCC1. The number of hydrogen-bond donors (Lipinski definition) is 3. The van der Waals surface area contributed by atoms with Crippen LogP contribution in [-0.4, -0.2) is 30.3 Å². The topological polar surface area (TPSA) is 70.6 Å². The van der Waals surface area contributed by atoms with Crippen LogP contribution in [0, 0.1) is 5.92 Å². The fourth-order valence-electron chi connectivity index (χ4n) is 2.16. The Bertz CT molecular complexity index is 401. The van der Waals surface area contributed by atoms with Crippen LogP contribution in [0.5, 0.6) is 0 Å². The van der Waals surface area contributed by atoms with Gasteiger partial charge in [-0.2, -0.15) is 0 Å². The Hall–Kier alpha value is -1.55. The second-order valence-corrected chi connectivity index (χ2v) is 5.25. The molecule has 4 heteroatoms. The molecule has 0 heterocycles. The molecule has 4 nitrogen and oxygen atoms in total. The third kappa shape index (κ3) is 4.91. The Morgan fingerprint density at radius 3 is 2.74 bits per heavy atom. The zero-order valence-corrected chi connectivity index (χ0v) is 11.3. The van der Waals surface area contributed by atoms with Gasteiger partial charge in [0.15, 0.2) is 5.96 Å². The van der Waals surface area contributed by atoms with Crippen LogP contribution in [0.1, 0.15) is 24.8 Å². The fourth-order valence-corrected chi connectivity index (χ4v) is 2.16. The third-order valence-electron chi connectivity index (χ3n) is 3.58. The highest BCUT2D eigenvalue weighted by Crippen LogP contribution is 2.24. The van der Waals surface area contributed by atoms with Crippen molar-refractivity contribution in [1.82, 2.24) is 5.32 Å². The van der Waals surface area contributed by atoms with Crippen molar-refractivity contribution in [3.8, 4) is 0 Å². The maximum Gasteiger partial charge on any atom is 0.188 e. The average molecular weight is 261 g/mol. The van der Waals surface area contributed by atoms with Crippen LogP contribution in [0.2, 0.25) is 0 Å². The maximum atomic E-state index is 9.90. The molecule has 0 aliphatic heterocycles. The highest BCUT2D eigenvalue weighted by atomic mass is 16.3. The molecule has 1 fully saturated rings. The van der Waals surface area contributed by atoms with E-state index in [1.54, 1.807) is 0 Å². The van der Waals surface area contributed by atoms with E-state index >= 15 is 0 Å². The number of hydrogen-bond acceptors (Lipinski definition) is 2. The maximum absolute atomic E-state index is 9.90. The summed E-state index contributed by atoms with van der Waals surface area (Å²) >= 11 is 0. The minimum Gasteiger partial charge on any atom is -0.391 e. The van der Waals surface area contributed by atoms with Gasteiger partial charge >= 0.3 is 0 Å². The molecule has 1 aromatic rings. The average Bonchev–Trinajstić information content (AvgIpc) is 2.36. The van der Waals surface area contributed by atoms with Crippen LogP contribution >= 0.6 is 0 Å². The lowest BCUT2D eigenvalue weighted by atomic mass is 9.85. The van der Waals surface area contributed by atoms with Gasteiger partial charge in [-0.15, -0.1) is 0 Å². The molecule has 0 amide bonds. The van der Waals surface area contributed by atoms with Crippen LogP contribution in [0.25, 0.3) is 0 Å². The van der Waals surface area contributed by atoms with E-state index in [1.807, 2.05) is 30.3 Å². The first-order valence-corrected chi connectivity index (χ1v) is 7.00. The molecular weight excluding hydrogens is 238 g/mol. The van der Waals surface area contributed by atoms with E-state index in [1.165, 1.54) is 19.3 Å². The number of nitrogens with two attached hydrogens (primary N) is 1. The van der Waals surface area contributed by atoms with Crippen LogP contribution in [0.3, 0.4) is 0 Å². The first-order chi connectivity index (χ1) is 9.24. The Balaban J connectivity index is 1.67. The van der Waals surface area contributed by atoms with Crippen LogP contribution < -0.4 is 11.1 Å². The summed E-state index contributed by atoms with van der Waals surface area (Å²) in [5.74, 6) is 1.20. The predicted molar refractivity (Wildman–Crippen MR) is 78.0 cm³/mol. The van der Waals surface area contributed by atoms with E-state index in [9.17, 15) is 5.11 Å². The summed E-state index contributed by atoms with van der Waals surface area (Å²) in [6, 6.07) is 9.92. The lowest BCUT2D eigenvalue weighted by molar-refractivity contribution is 0.184. The molecule has 1 aromatic carbocycles. The molecule has 0 aromatic heterocycles. The second-order valence-electron chi connectivity index (χ2n) is 5.25. The number of guanidine groups is 1. The van der Waals surface area contributed by atoms with E-state index in [0.717, 1.165) is 18.0 Å². The van der Waals surface area contributed by atoms with Crippen molar-refractivity contribution in [2.45, 2.75) is 31.8 Å². The quantitative estimate of drug-likeness (QED) is 0.534. The number of aliphatic hydroxyl groups excluding tert-OH is 1. The summed E-state index contributed by atoms with van der Waals surface area (Å²) in [5, 5.41) is 13.0. The minimum absolute atomic E-state index is 0.346. The van der Waals surface area contributed by atoms with Crippen molar-refractivity contribution in [1.29, 1.82) is 0 Å². The molecule has 1 atom stereocenters. The number of rotatable bonds is 6.